The van der Waals surface area contributed by atoms with Crippen molar-refractivity contribution in [3.63, 3.8) is 0 Å². The average molecular weight is 470 g/mol. The molecule has 2 aromatic rings. The summed E-state index contributed by atoms with van der Waals surface area (Å²) in [7, 11) is -2.98. The summed E-state index contributed by atoms with van der Waals surface area (Å²) in [6.45, 7) is 2.25. The van der Waals surface area contributed by atoms with E-state index in [1.165, 1.54) is 11.1 Å². The van der Waals surface area contributed by atoms with Gasteiger partial charge in [-0.15, -0.1) is 0 Å². The molecule has 0 aliphatic heterocycles. The van der Waals surface area contributed by atoms with Crippen LogP contribution in [0.2, 0.25) is 10.0 Å². The molecule has 164 valence electrons. The Morgan fingerprint density at radius 2 is 1.93 bits per heavy atom. The first-order chi connectivity index (χ1) is 14.3. The molecule has 2 atom stereocenters. The van der Waals surface area contributed by atoms with Gasteiger partial charge in [0.2, 0.25) is 0 Å². The largest absolute Gasteiger partial charge is 0.494 e. The number of benzene rings is 2. The fourth-order valence-electron chi connectivity index (χ4n) is 4.06. The molecule has 2 N–H and O–H groups in total. The monoisotopic (exact) mass is 469 g/mol. The van der Waals surface area contributed by atoms with E-state index >= 15 is 0 Å². The van der Waals surface area contributed by atoms with Gasteiger partial charge in [-0.3, -0.25) is 0 Å². The molecule has 0 heterocycles. The van der Waals surface area contributed by atoms with Crippen LogP contribution >= 0.6 is 23.2 Å². The molecule has 3 rings (SSSR count). The number of fused-ring (bicyclic) bond motifs is 1. The normalized spacial score (nSPS) is 18.8. The van der Waals surface area contributed by atoms with E-state index < -0.39 is 9.84 Å². The number of halogens is 2. The maximum Gasteiger partial charge on any atom is 0.150 e. The molecular weight excluding hydrogens is 441 g/mol. The van der Waals surface area contributed by atoms with Crippen molar-refractivity contribution in [3.8, 4) is 5.75 Å². The van der Waals surface area contributed by atoms with Crippen molar-refractivity contribution in [2.24, 2.45) is 5.73 Å². The third-order valence-corrected chi connectivity index (χ3v) is 8.15. The summed E-state index contributed by atoms with van der Waals surface area (Å²) >= 11 is 12.4. The molecule has 0 saturated heterocycles. The lowest BCUT2D eigenvalue weighted by Gasteiger charge is -2.32. The van der Waals surface area contributed by atoms with E-state index in [-0.39, 0.29) is 23.5 Å². The Hall–Kier alpha value is -1.27. The van der Waals surface area contributed by atoms with Crippen molar-refractivity contribution in [1.29, 1.82) is 0 Å². The van der Waals surface area contributed by atoms with Crippen molar-refractivity contribution in [2.75, 3.05) is 18.1 Å². The highest BCUT2D eigenvalue weighted by Gasteiger charge is 2.28. The number of aryl methyl sites for hydroxylation is 1. The summed E-state index contributed by atoms with van der Waals surface area (Å²) in [5.41, 5.74) is 10.00. The van der Waals surface area contributed by atoms with Gasteiger partial charge >= 0.3 is 0 Å². The highest BCUT2D eigenvalue weighted by molar-refractivity contribution is 7.91. The second kappa shape index (κ2) is 10.4. The van der Waals surface area contributed by atoms with Crippen molar-refractivity contribution in [3.05, 3.63) is 63.1 Å². The van der Waals surface area contributed by atoms with Crippen LogP contribution in [0.4, 0.5) is 0 Å². The second-order valence-electron chi connectivity index (χ2n) is 7.96. The van der Waals surface area contributed by atoms with Gasteiger partial charge in [-0.05, 0) is 73.1 Å². The summed E-state index contributed by atoms with van der Waals surface area (Å²) in [5, 5.41) is 1.27. The van der Waals surface area contributed by atoms with Crippen LogP contribution in [0, 0.1) is 0 Å². The zero-order valence-corrected chi connectivity index (χ0v) is 19.6. The summed E-state index contributed by atoms with van der Waals surface area (Å²) in [4.78, 5) is 0. The smallest absolute Gasteiger partial charge is 0.150 e. The van der Waals surface area contributed by atoms with Gasteiger partial charge in [-0.25, -0.2) is 8.42 Å². The third-order valence-electron chi connectivity index (χ3n) is 5.62. The molecule has 0 spiro atoms. The first-order valence-electron chi connectivity index (χ1n) is 10.4. The van der Waals surface area contributed by atoms with Gasteiger partial charge in [0.05, 0.1) is 12.4 Å². The first-order valence-corrected chi connectivity index (χ1v) is 13.0. The lowest BCUT2D eigenvalue weighted by molar-refractivity contribution is 0.316. The SMILES string of the molecule is CCCS(=O)(=O)CCCOc1ccc2c(c1)C(Cc1ccc(Cl)cc1Cl)C(N)CC2. The highest BCUT2D eigenvalue weighted by Crippen LogP contribution is 2.37. The Kier molecular flexibility index (Phi) is 8.08. The summed E-state index contributed by atoms with van der Waals surface area (Å²) in [5.74, 6) is 1.29. The van der Waals surface area contributed by atoms with Crippen LogP contribution in [-0.4, -0.2) is 32.6 Å². The maximum absolute atomic E-state index is 11.8. The predicted molar refractivity (Wildman–Crippen MR) is 125 cm³/mol. The summed E-state index contributed by atoms with van der Waals surface area (Å²) < 4.78 is 29.6. The van der Waals surface area contributed by atoms with Gasteiger partial charge in [0.25, 0.3) is 0 Å². The van der Waals surface area contributed by atoms with E-state index in [1.54, 1.807) is 6.07 Å². The first kappa shape index (κ1) is 23.4. The molecule has 30 heavy (non-hydrogen) atoms. The van der Waals surface area contributed by atoms with E-state index in [1.807, 2.05) is 25.1 Å². The predicted octanol–water partition coefficient (Wildman–Crippen LogP) is 5.19. The molecule has 4 nitrogen and oxygen atoms in total. The Labute approximate surface area is 189 Å². The quantitative estimate of drug-likeness (QED) is 0.513. The Balaban J connectivity index is 1.70. The molecule has 1 aliphatic rings. The van der Waals surface area contributed by atoms with Crippen LogP contribution in [0.5, 0.6) is 5.75 Å². The zero-order valence-electron chi connectivity index (χ0n) is 17.2. The van der Waals surface area contributed by atoms with Gasteiger partial charge in [0.15, 0.2) is 0 Å². The van der Waals surface area contributed by atoms with Crippen LogP contribution in [0.25, 0.3) is 0 Å². The molecule has 2 aromatic carbocycles. The second-order valence-corrected chi connectivity index (χ2v) is 11.1. The Morgan fingerprint density at radius 1 is 1.13 bits per heavy atom. The fourth-order valence-corrected chi connectivity index (χ4v) is 5.93. The number of nitrogens with two attached hydrogens (primary N) is 1. The molecule has 0 amide bonds. The van der Waals surface area contributed by atoms with Gasteiger partial charge < -0.3 is 10.5 Å². The number of rotatable bonds is 9. The number of sulfone groups is 1. The highest BCUT2D eigenvalue weighted by atomic mass is 35.5. The van der Waals surface area contributed by atoms with E-state index in [0.717, 1.165) is 30.6 Å². The molecule has 7 heteroatoms. The van der Waals surface area contributed by atoms with Gasteiger partial charge in [0, 0.05) is 27.8 Å². The van der Waals surface area contributed by atoms with Gasteiger partial charge in [-0.1, -0.05) is 42.3 Å². The zero-order chi connectivity index (χ0) is 21.7. The molecule has 0 fully saturated rings. The number of ether oxygens (including phenoxy) is 1. The third kappa shape index (κ3) is 6.13. The lowest BCUT2D eigenvalue weighted by Crippen LogP contribution is -2.34. The van der Waals surface area contributed by atoms with Crippen LogP contribution in [0.15, 0.2) is 36.4 Å². The minimum absolute atomic E-state index is 0.0404. The fraction of sp³-hybridized carbons (Fsp3) is 0.478. The summed E-state index contributed by atoms with van der Waals surface area (Å²) in [6.07, 6.45) is 3.74. The van der Waals surface area contributed by atoms with E-state index in [9.17, 15) is 8.42 Å². The maximum atomic E-state index is 11.8. The van der Waals surface area contributed by atoms with Crippen molar-refractivity contribution < 1.29 is 13.2 Å². The molecule has 1 aliphatic carbocycles. The Morgan fingerprint density at radius 3 is 2.67 bits per heavy atom. The van der Waals surface area contributed by atoms with Crippen LogP contribution in [0.1, 0.15) is 48.8 Å². The molecule has 2 unspecified atom stereocenters. The van der Waals surface area contributed by atoms with Crippen molar-refractivity contribution in [2.45, 2.75) is 51.0 Å². The van der Waals surface area contributed by atoms with E-state index in [2.05, 4.69) is 12.1 Å². The molecule has 0 saturated carbocycles. The van der Waals surface area contributed by atoms with Crippen molar-refractivity contribution >= 4 is 33.0 Å². The van der Waals surface area contributed by atoms with Crippen molar-refractivity contribution in [1.82, 2.24) is 0 Å². The molecule has 0 aromatic heterocycles. The Bertz CT molecular complexity index is 978. The summed E-state index contributed by atoms with van der Waals surface area (Å²) in [6, 6.07) is 11.7. The van der Waals surface area contributed by atoms with E-state index in [0.29, 0.717) is 29.5 Å². The van der Waals surface area contributed by atoms with Gasteiger partial charge in [-0.2, -0.15) is 0 Å². The standard InChI is InChI=1S/C23H29Cl2NO3S/c1-2-11-30(27,28)12-3-10-29-19-8-5-16-6-9-23(26)21(20(16)15-19)13-17-4-7-18(24)14-22(17)25/h4-5,7-8,14-15,21,23H,2-3,6,9-13,26H2,1H3. The minimum atomic E-state index is -2.98. The average Bonchev–Trinajstić information content (AvgIpc) is 2.69. The van der Waals surface area contributed by atoms with Crippen LogP contribution in [-0.2, 0) is 22.7 Å². The molecule has 0 radical (unpaired) electrons. The molecular formula is C23H29Cl2NO3S. The molecule has 0 bridgehead atoms. The lowest BCUT2D eigenvalue weighted by atomic mass is 9.76. The van der Waals surface area contributed by atoms with Crippen LogP contribution in [0.3, 0.4) is 0 Å². The van der Waals surface area contributed by atoms with Gasteiger partial charge in [0.1, 0.15) is 15.6 Å². The topological polar surface area (TPSA) is 69.4 Å². The van der Waals surface area contributed by atoms with E-state index in [4.69, 9.17) is 33.7 Å². The number of hydrogen-bond acceptors (Lipinski definition) is 4. The van der Waals surface area contributed by atoms with Crippen LogP contribution < -0.4 is 10.5 Å². The number of hydrogen-bond donors (Lipinski definition) is 1. The minimum Gasteiger partial charge on any atom is -0.494 e.